The van der Waals surface area contributed by atoms with Crippen LogP contribution in [0.1, 0.15) is 36.0 Å². The second-order valence-electron chi connectivity index (χ2n) is 8.63. The van der Waals surface area contributed by atoms with E-state index in [1.807, 2.05) is 25.7 Å². The summed E-state index contributed by atoms with van der Waals surface area (Å²) in [4.78, 5) is 22.0. The Labute approximate surface area is 195 Å². The normalized spacial score (nSPS) is 15.3. The molecule has 0 N–H and O–H groups in total. The topological polar surface area (TPSA) is 87.9 Å². The van der Waals surface area contributed by atoms with Crippen LogP contribution >= 0.6 is 0 Å². The molecular weight excluding hydrogens is 438 g/mol. The van der Waals surface area contributed by atoms with E-state index in [0.29, 0.717) is 30.6 Å². The zero-order chi connectivity index (χ0) is 23.8. The van der Waals surface area contributed by atoms with E-state index in [1.54, 1.807) is 34.8 Å². The van der Waals surface area contributed by atoms with Gasteiger partial charge in [-0.3, -0.25) is 4.79 Å². The molecule has 4 rings (SSSR count). The molecule has 1 aromatic carbocycles. The Morgan fingerprint density at radius 1 is 1.06 bits per heavy atom. The van der Waals surface area contributed by atoms with Crippen molar-refractivity contribution in [3.63, 3.8) is 0 Å². The van der Waals surface area contributed by atoms with Crippen LogP contribution in [0.5, 0.6) is 0 Å². The molecule has 8 nitrogen and oxygen atoms in total. The maximum Gasteiger partial charge on any atom is 0.222 e. The van der Waals surface area contributed by atoms with E-state index in [4.69, 9.17) is 0 Å². The molecular formula is C24H31N5O3S. The van der Waals surface area contributed by atoms with E-state index in [2.05, 4.69) is 22.0 Å². The number of sulfone groups is 1. The summed E-state index contributed by atoms with van der Waals surface area (Å²) in [5.41, 5.74) is 3.35. The molecule has 33 heavy (non-hydrogen) atoms. The number of carbonyl (C=O) groups is 1. The predicted molar refractivity (Wildman–Crippen MR) is 126 cm³/mol. The summed E-state index contributed by atoms with van der Waals surface area (Å²) in [7, 11) is -1.70. The summed E-state index contributed by atoms with van der Waals surface area (Å²) in [5, 5.41) is 4.62. The first-order valence-electron chi connectivity index (χ1n) is 11.4. The molecule has 1 saturated heterocycles. The Balaban J connectivity index is 1.69. The Morgan fingerprint density at radius 3 is 2.36 bits per heavy atom. The summed E-state index contributed by atoms with van der Waals surface area (Å²) in [6.45, 7) is 8.98. The van der Waals surface area contributed by atoms with Gasteiger partial charge in [0.25, 0.3) is 0 Å². The number of rotatable bonds is 6. The molecule has 9 heteroatoms. The summed E-state index contributed by atoms with van der Waals surface area (Å²) in [6.07, 6.45) is 1.42. The molecule has 176 valence electrons. The third kappa shape index (κ3) is 4.39. The van der Waals surface area contributed by atoms with E-state index >= 15 is 0 Å². The second kappa shape index (κ2) is 9.23. The highest BCUT2D eigenvalue weighted by molar-refractivity contribution is 7.91. The SMILES string of the molecule is CCc1nn2c(C)c(CCC(=O)N3CCN(C)CC3)c(C)nc2c1S(=O)(=O)c1ccccc1. The highest BCUT2D eigenvalue weighted by atomic mass is 32.2. The van der Waals surface area contributed by atoms with Crippen molar-refractivity contribution in [2.45, 2.75) is 49.8 Å². The molecule has 1 amide bonds. The lowest BCUT2D eigenvalue weighted by Crippen LogP contribution is -2.47. The molecule has 0 spiro atoms. The van der Waals surface area contributed by atoms with Gasteiger partial charge in [0, 0.05) is 44.0 Å². The summed E-state index contributed by atoms with van der Waals surface area (Å²) >= 11 is 0. The van der Waals surface area contributed by atoms with Crippen LogP contribution in [0.15, 0.2) is 40.1 Å². The molecule has 2 aromatic heterocycles. The van der Waals surface area contributed by atoms with E-state index in [9.17, 15) is 13.2 Å². The average Bonchev–Trinajstić information content (AvgIpc) is 3.19. The fourth-order valence-corrected chi connectivity index (χ4v) is 6.04. The zero-order valence-corrected chi connectivity index (χ0v) is 20.5. The lowest BCUT2D eigenvalue weighted by Gasteiger charge is -2.32. The zero-order valence-electron chi connectivity index (χ0n) is 19.7. The Morgan fingerprint density at radius 2 is 1.73 bits per heavy atom. The number of hydrogen-bond donors (Lipinski definition) is 0. The van der Waals surface area contributed by atoms with Crippen molar-refractivity contribution < 1.29 is 13.2 Å². The second-order valence-corrected chi connectivity index (χ2v) is 10.5. The van der Waals surface area contributed by atoms with Gasteiger partial charge in [0.2, 0.25) is 15.7 Å². The minimum Gasteiger partial charge on any atom is -0.340 e. The third-order valence-corrected chi connectivity index (χ3v) is 8.30. The van der Waals surface area contributed by atoms with Crippen molar-refractivity contribution in [3.05, 3.63) is 53.0 Å². The van der Waals surface area contributed by atoms with Crippen molar-refractivity contribution in [2.24, 2.45) is 0 Å². The minimum absolute atomic E-state index is 0.143. The Hall–Kier alpha value is -2.78. The van der Waals surface area contributed by atoms with E-state index in [1.165, 1.54) is 0 Å². The lowest BCUT2D eigenvalue weighted by atomic mass is 10.1. The van der Waals surface area contributed by atoms with Crippen LogP contribution in [-0.4, -0.2) is 71.9 Å². The molecule has 1 fully saturated rings. The minimum atomic E-state index is -3.77. The van der Waals surface area contributed by atoms with Gasteiger partial charge in [-0.25, -0.2) is 17.9 Å². The van der Waals surface area contributed by atoms with Crippen molar-refractivity contribution >= 4 is 21.4 Å². The summed E-state index contributed by atoms with van der Waals surface area (Å²) in [5.74, 6) is 0.143. The van der Waals surface area contributed by atoms with Gasteiger partial charge >= 0.3 is 0 Å². The van der Waals surface area contributed by atoms with Crippen LogP contribution in [0.2, 0.25) is 0 Å². The predicted octanol–water partition coefficient (Wildman–Crippen LogP) is 2.45. The number of likely N-dealkylation sites (N-methyl/N-ethyl adjacent to an activating group) is 1. The van der Waals surface area contributed by atoms with Gasteiger partial charge in [-0.1, -0.05) is 25.1 Å². The first-order chi connectivity index (χ1) is 15.7. The lowest BCUT2D eigenvalue weighted by molar-refractivity contribution is -0.132. The fourth-order valence-electron chi connectivity index (χ4n) is 4.42. The number of hydrogen-bond acceptors (Lipinski definition) is 6. The number of aryl methyl sites for hydroxylation is 3. The van der Waals surface area contributed by atoms with Crippen LogP contribution in [0, 0.1) is 13.8 Å². The van der Waals surface area contributed by atoms with Gasteiger partial charge in [0.15, 0.2) is 5.65 Å². The van der Waals surface area contributed by atoms with Gasteiger partial charge in [-0.2, -0.15) is 5.10 Å². The Bertz CT molecular complexity index is 1280. The van der Waals surface area contributed by atoms with Gasteiger partial charge < -0.3 is 9.80 Å². The molecule has 0 aliphatic carbocycles. The van der Waals surface area contributed by atoms with E-state index in [-0.39, 0.29) is 15.7 Å². The van der Waals surface area contributed by atoms with Crippen LogP contribution in [-0.2, 0) is 27.5 Å². The number of fused-ring (bicyclic) bond motifs is 1. The number of nitrogens with zero attached hydrogens (tertiary/aromatic N) is 5. The molecule has 1 aliphatic rings. The molecule has 0 saturated carbocycles. The number of benzene rings is 1. The number of amides is 1. The van der Waals surface area contributed by atoms with Crippen LogP contribution in [0.4, 0.5) is 0 Å². The maximum atomic E-state index is 13.5. The largest absolute Gasteiger partial charge is 0.340 e. The number of aromatic nitrogens is 3. The first kappa shape index (κ1) is 23.4. The smallest absolute Gasteiger partial charge is 0.222 e. The number of piperazine rings is 1. The van der Waals surface area contributed by atoms with Crippen LogP contribution < -0.4 is 0 Å². The van der Waals surface area contributed by atoms with Gasteiger partial charge in [-0.15, -0.1) is 0 Å². The van der Waals surface area contributed by atoms with Crippen molar-refractivity contribution in [1.29, 1.82) is 0 Å². The van der Waals surface area contributed by atoms with Gasteiger partial charge in [0.1, 0.15) is 4.90 Å². The molecule has 1 aliphatic heterocycles. The van der Waals surface area contributed by atoms with Crippen molar-refractivity contribution in [3.8, 4) is 0 Å². The quantitative estimate of drug-likeness (QED) is 0.551. The monoisotopic (exact) mass is 469 g/mol. The average molecular weight is 470 g/mol. The molecule has 0 bridgehead atoms. The van der Waals surface area contributed by atoms with Gasteiger partial charge in [0.05, 0.1) is 10.6 Å². The molecule has 0 unspecified atom stereocenters. The summed E-state index contributed by atoms with van der Waals surface area (Å²) in [6, 6.07) is 8.40. The van der Waals surface area contributed by atoms with E-state index < -0.39 is 9.84 Å². The molecule has 3 heterocycles. The molecule has 0 radical (unpaired) electrons. The fraction of sp³-hybridized carbons (Fsp3) is 0.458. The van der Waals surface area contributed by atoms with E-state index in [0.717, 1.165) is 43.1 Å². The summed E-state index contributed by atoms with van der Waals surface area (Å²) < 4.78 is 28.6. The highest BCUT2D eigenvalue weighted by Gasteiger charge is 2.29. The molecule has 3 aromatic rings. The number of carbonyl (C=O) groups excluding carboxylic acids is 1. The first-order valence-corrected chi connectivity index (χ1v) is 12.9. The van der Waals surface area contributed by atoms with Gasteiger partial charge in [-0.05, 0) is 51.4 Å². The standard InChI is InChI=1S/C24H31N5O3S/c1-5-21-23(33(31,32)19-9-7-6-8-10-19)24-25-17(2)20(18(3)29(24)26-21)11-12-22(30)28-15-13-27(4)14-16-28/h6-10H,5,11-16H2,1-4H3. The van der Waals surface area contributed by atoms with Crippen molar-refractivity contribution in [2.75, 3.05) is 33.2 Å². The van der Waals surface area contributed by atoms with Crippen molar-refractivity contribution in [1.82, 2.24) is 24.4 Å². The van der Waals surface area contributed by atoms with Crippen LogP contribution in [0.3, 0.4) is 0 Å². The third-order valence-electron chi connectivity index (χ3n) is 6.45. The Kier molecular flexibility index (Phi) is 6.54. The van der Waals surface area contributed by atoms with Crippen LogP contribution in [0.25, 0.3) is 5.65 Å². The highest BCUT2D eigenvalue weighted by Crippen LogP contribution is 2.30. The maximum absolute atomic E-state index is 13.5. The molecule has 0 atom stereocenters.